The Kier molecular flexibility index (Phi) is 3.80. The molecule has 0 aliphatic rings. The molecule has 0 atom stereocenters. The molecule has 4 aromatic rings. The molecule has 0 saturated carbocycles. The SMILES string of the molecule is FC(F)(F)c1cc(Nc2ccc3[nH]ccc3c2)nc(-c2ccncc2)n1. The number of anilines is 2. The first kappa shape index (κ1) is 16.1. The minimum absolute atomic E-state index is 0.0209. The fourth-order valence-electron chi connectivity index (χ4n) is 2.57. The predicted molar refractivity (Wildman–Crippen MR) is 91.8 cm³/mol. The number of nitrogens with one attached hydrogen (secondary N) is 2. The van der Waals surface area contributed by atoms with Crippen molar-refractivity contribution in [3.8, 4) is 11.4 Å². The molecule has 2 N–H and O–H groups in total. The third-order valence-corrected chi connectivity index (χ3v) is 3.78. The summed E-state index contributed by atoms with van der Waals surface area (Å²) in [7, 11) is 0. The molecular formula is C18H12F3N5. The normalized spacial score (nSPS) is 11.7. The third-order valence-electron chi connectivity index (χ3n) is 3.78. The van der Waals surface area contributed by atoms with Crippen LogP contribution in [-0.2, 0) is 6.18 Å². The maximum absolute atomic E-state index is 13.2. The van der Waals surface area contributed by atoms with Gasteiger partial charge in [0.05, 0.1) is 0 Å². The smallest absolute Gasteiger partial charge is 0.361 e. The average molecular weight is 355 g/mol. The van der Waals surface area contributed by atoms with Crippen molar-refractivity contribution in [2.75, 3.05) is 5.32 Å². The number of halogens is 3. The fourth-order valence-corrected chi connectivity index (χ4v) is 2.57. The number of alkyl halides is 3. The van der Waals surface area contributed by atoms with Crippen molar-refractivity contribution >= 4 is 22.4 Å². The molecule has 0 amide bonds. The lowest BCUT2D eigenvalue weighted by molar-refractivity contribution is -0.141. The maximum Gasteiger partial charge on any atom is 0.433 e. The van der Waals surface area contributed by atoms with E-state index in [1.807, 2.05) is 18.2 Å². The van der Waals surface area contributed by atoms with E-state index in [1.165, 1.54) is 12.4 Å². The van der Waals surface area contributed by atoms with Crippen LogP contribution in [0, 0.1) is 0 Å². The highest BCUT2D eigenvalue weighted by molar-refractivity contribution is 5.83. The van der Waals surface area contributed by atoms with Crippen LogP contribution in [0.2, 0.25) is 0 Å². The van der Waals surface area contributed by atoms with Crippen LogP contribution in [0.1, 0.15) is 5.69 Å². The second-order valence-corrected chi connectivity index (χ2v) is 5.60. The molecule has 0 unspecified atom stereocenters. The second kappa shape index (κ2) is 6.14. The van der Waals surface area contributed by atoms with Gasteiger partial charge in [0.15, 0.2) is 11.5 Å². The number of H-pyrrole nitrogens is 1. The number of fused-ring (bicyclic) bond motifs is 1. The number of pyridine rings is 1. The topological polar surface area (TPSA) is 66.5 Å². The first-order chi connectivity index (χ1) is 12.5. The lowest BCUT2D eigenvalue weighted by Crippen LogP contribution is -2.11. The van der Waals surface area contributed by atoms with Crippen molar-refractivity contribution in [3.63, 3.8) is 0 Å². The molecule has 0 radical (unpaired) electrons. The summed E-state index contributed by atoms with van der Waals surface area (Å²) in [6, 6.07) is 11.3. The highest BCUT2D eigenvalue weighted by Crippen LogP contribution is 2.31. The van der Waals surface area contributed by atoms with Gasteiger partial charge >= 0.3 is 6.18 Å². The van der Waals surface area contributed by atoms with Gasteiger partial charge in [0.25, 0.3) is 0 Å². The van der Waals surface area contributed by atoms with Gasteiger partial charge in [-0.25, -0.2) is 9.97 Å². The standard InChI is InChI=1S/C18H12F3N5/c19-18(20,21)15-10-16(26-17(25-15)11-3-6-22-7-4-11)24-13-1-2-14-12(9-13)5-8-23-14/h1-10,23H,(H,24,25,26). The Labute approximate surface area is 146 Å². The number of benzene rings is 1. The summed E-state index contributed by atoms with van der Waals surface area (Å²) in [5, 5.41) is 3.87. The molecule has 0 spiro atoms. The van der Waals surface area contributed by atoms with Gasteiger partial charge in [0.2, 0.25) is 0 Å². The summed E-state index contributed by atoms with van der Waals surface area (Å²) in [5.74, 6) is 0.0430. The molecule has 0 aliphatic carbocycles. The lowest BCUT2D eigenvalue weighted by atomic mass is 10.2. The summed E-state index contributed by atoms with van der Waals surface area (Å²) in [6.45, 7) is 0. The number of hydrogen-bond donors (Lipinski definition) is 2. The molecule has 4 rings (SSSR count). The van der Waals surface area contributed by atoms with Crippen molar-refractivity contribution in [1.29, 1.82) is 0 Å². The van der Waals surface area contributed by atoms with Gasteiger partial charge in [0.1, 0.15) is 5.82 Å². The molecule has 26 heavy (non-hydrogen) atoms. The third kappa shape index (κ3) is 3.21. The van der Waals surface area contributed by atoms with Crippen molar-refractivity contribution in [2.24, 2.45) is 0 Å². The molecule has 8 heteroatoms. The van der Waals surface area contributed by atoms with Crippen LogP contribution in [0.3, 0.4) is 0 Å². The zero-order valence-electron chi connectivity index (χ0n) is 13.2. The van der Waals surface area contributed by atoms with E-state index in [1.54, 1.807) is 24.4 Å². The minimum Gasteiger partial charge on any atom is -0.361 e. The Morgan fingerprint density at radius 1 is 0.923 bits per heavy atom. The number of aromatic amines is 1. The number of aromatic nitrogens is 4. The van der Waals surface area contributed by atoms with E-state index in [-0.39, 0.29) is 11.6 Å². The molecule has 3 aromatic heterocycles. The predicted octanol–water partition coefficient (Wildman–Crippen LogP) is 4.78. The van der Waals surface area contributed by atoms with Gasteiger partial charge in [0, 0.05) is 46.8 Å². The van der Waals surface area contributed by atoms with Crippen molar-refractivity contribution in [3.05, 3.63) is 66.7 Å². The van der Waals surface area contributed by atoms with Gasteiger partial charge in [-0.1, -0.05) is 0 Å². The number of nitrogens with zero attached hydrogens (tertiary/aromatic N) is 3. The van der Waals surface area contributed by atoms with Gasteiger partial charge in [-0.05, 0) is 36.4 Å². The monoisotopic (exact) mass is 355 g/mol. The zero-order chi connectivity index (χ0) is 18.1. The quantitative estimate of drug-likeness (QED) is 0.555. The molecule has 0 saturated heterocycles. The molecule has 3 heterocycles. The van der Waals surface area contributed by atoms with E-state index < -0.39 is 11.9 Å². The molecular weight excluding hydrogens is 343 g/mol. The van der Waals surface area contributed by atoms with E-state index in [9.17, 15) is 13.2 Å². The Bertz CT molecular complexity index is 1060. The van der Waals surface area contributed by atoms with Crippen LogP contribution in [0.5, 0.6) is 0 Å². The number of rotatable bonds is 3. The van der Waals surface area contributed by atoms with Crippen molar-refractivity contribution in [1.82, 2.24) is 19.9 Å². The Morgan fingerprint density at radius 2 is 1.73 bits per heavy atom. The van der Waals surface area contributed by atoms with Crippen LogP contribution in [0.25, 0.3) is 22.3 Å². The molecule has 0 bridgehead atoms. The molecule has 0 aliphatic heterocycles. The van der Waals surface area contributed by atoms with E-state index in [0.29, 0.717) is 11.3 Å². The van der Waals surface area contributed by atoms with Gasteiger partial charge < -0.3 is 10.3 Å². The first-order valence-electron chi connectivity index (χ1n) is 7.70. The summed E-state index contributed by atoms with van der Waals surface area (Å²) >= 11 is 0. The Balaban J connectivity index is 1.76. The number of hydrogen-bond acceptors (Lipinski definition) is 4. The van der Waals surface area contributed by atoms with Crippen LogP contribution >= 0.6 is 0 Å². The van der Waals surface area contributed by atoms with Crippen molar-refractivity contribution < 1.29 is 13.2 Å². The molecule has 130 valence electrons. The average Bonchev–Trinajstić information content (AvgIpc) is 3.09. The van der Waals surface area contributed by atoms with E-state index in [0.717, 1.165) is 17.0 Å². The maximum atomic E-state index is 13.2. The van der Waals surface area contributed by atoms with E-state index >= 15 is 0 Å². The summed E-state index contributed by atoms with van der Waals surface area (Å²) in [5.41, 5.74) is 1.01. The second-order valence-electron chi connectivity index (χ2n) is 5.60. The highest BCUT2D eigenvalue weighted by atomic mass is 19.4. The summed E-state index contributed by atoms with van der Waals surface area (Å²) < 4.78 is 39.7. The summed E-state index contributed by atoms with van der Waals surface area (Å²) in [4.78, 5) is 14.8. The largest absolute Gasteiger partial charge is 0.433 e. The van der Waals surface area contributed by atoms with Crippen LogP contribution in [0.15, 0.2) is 61.1 Å². The minimum atomic E-state index is -4.58. The summed E-state index contributed by atoms with van der Waals surface area (Å²) in [6.07, 6.45) is 0.173. The molecule has 1 aromatic carbocycles. The van der Waals surface area contributed by atoms with Crippen LogP contribution in [-0.4, -0.2) is 19.9 Å². The molecule has 0 fully saturated rings. The van der Waals surface area contributed by atoms with E-state index in [2.05, 4.69) is 25.3 Å². The Morgan fingerprint density at radius 3 is 2.50 bits per heavy atom. The van der Waals surface area contributed by atoms with Gasteiger partial charge in [-0.15, -0.1) is 0 Å². The Hall–Kier alpha value is -3.42. The first-order valence-corrected chi connectivity index (χ1v) is 7.70. The van der Waals surface area contributed by atoms with E-state index in [4.69, 9.17) is 0 Å². The van der Waals surface area contributed by atoms with Crippen molar-refractivity contribution in [2.45, 2.75) is 6.18 Å². The van der Waals surface area contributed by atoms with Crippen LogP contribution < -0.4 is 5.32 Å². The lowest BCUT2D eigenvalue weighted by Gasteiger charge is -2.12. The van der Waals surface area contributed by atoms with Crippen LogP contribution in [0.4, 0.5) is 24.7 Å². The zero-order valence-corrected chi connectivity index (χ0v) is 13.2. The fraction of sp³-hybridized carbons (Fsp3) is 0.0556. The van der Waals surface area contributed by atoms with Gasteiger partial charge in [-0.2, -0.15) is 13.2 Å². The highest BCUT2D eigenvalue weighted by Gasteiger charge is 2.33. The molecule has 5 nitrogen and oxygen atoms in total. The van der Waals surface area contributed by atoms with Gasteiger partial charge in [-0.3, -0.25) is 4.98 Å².